The molecule has 0 unspecified atom stereocenters. The quantitative estimate of drug-likeness (QED) is 0.830. The molecule has 10 heteroatoms. The van der Waals surface area contributed by atoms with Gasteiger partial charge in [0.1, 0.15) is 4.90 Å². The number of hydrogen-bond acceptors (Lipinski definition) is 3. The second-order valence-electron chi connectivity index (χ2n) is 3.54. The Labute approximate surface area is 117 Å². The van der Waals surface area contributed by atoms with Gasteiger partial charge in [0.05, 0.1) is 22.2 Å². The molecule has 0 aliphatic rings. The minimum Gasteiger partial charge on any atom is -0.396 e. The monoisotopic (exact) mass is 336 g/mol. The highest BCUT2D eigenvalue weighted by atomic mass is 35.5. The lowest BCUT2D eigenvalue weighted by Crippen LogP contribution is -2.28. The number of anilines is 1. The summed E-state index contributed by atoms with van der Waals surface area (Å²) >= 11 is 11.3. The van der Waals surface area contributed by atoms with Gasteiger partial charge in [0.25, 0.3) is 0 Å². The summed E-state index contributed by atoms with van der Waals surface area (Å²) in [5.74, 6) is 0. The topological polar surface area (TPSA) is 72.2 Å². The molecule has 0 aliphatic carbocycles. The van der Waals surface area contributed by atoms with Crippen LogP contribution in [0, 0.1) is 0 Å². The van der Waals surface area contributed by atoms with Crippen molar-refractivity contribution in [2.45, 2.75) is 17.5 Å². The number of hydrogen-bond donors (Lipinski definition) is 2. The van der Waals surface area contributed by atoms with E-state index in [0.717, 1.165) is 6.07 Å². The van der Waals surface area contributed by atoms with Crippen LogP contribution < -0.4 is 10.5 Å². The molecular formula is C9H9Cl2F3N2O2S. The standard InChI is InChI=1S/C9H9Cl2F3N2O2S/c10-5-1-2-6(7(11)8(5)15)19(17,18)16-4-3-9(12,13)14/h1-2,16H,3-4,15H2. The maximum atomic E-state index is 11.9. The number of sulfonamides is 1. The van der Waals surface area contributed by atoms with E-state index < -0.39 is 34.1 Å². The summed E-state index contributed by atoms with van der Waals surface area (Å²) < 4.78 is 61.1. The highest BCUT2D eigenvalue weighted by Crippen LogP contribution is 2.33. The van der Waals surface area contributed by atoms with Gasteiger partial charge in [-0.3, -0.25) is 0 Å². The SMILES string of the molecule is Nc1c(Cl)ccc(S(=O)(=O)NCCC(F)(F)F)c1Cl. The number of nitrogen functional groups attached to an aromatic ring is 1. The summed E-state index contributed by atoms with van der Waals surface area (Å²) in [6.07, 6.45) is -5.74. The molecular weight excluding hydrogens is 328 g/mol. The van der Waals surface area contributed by atoms with Crippen molar-refractivity contribution in [3.63, 3.8) is 0 Å². The van der Waals surface area contributed by atoms with E-state index in [2.05, 4.69) is 0 Å². The molecule has 0 atom stereocenters. The van der Waals surface area contributed by atoms with Crippen molar-refractivity contribution in [3.8, 4) is 0 Å². The van der Waals surface area contributed by atoms with Crippen LogP contribution in [0.15, 0.2) is 17.0 Å². The van der Waals surface area contributed by atoms with Gasteiger partial charge in [0, 0.05) is 6.54 Å². The first-order valence-corrected chi connectivity index (χ1v) is 7.08. The molecule has 0 saturated carbocycles. The van der Waals surface area contributed by atoms with Crippen molar-refractivity contribution in [2.24, 2.45) is 0 Å². The zero-order chi connectivity index (χ0) is 14.8. The van der Waals surface area contributed by atoms with E-state index in [1.807, 2.05) is 0 Å². The molecule has 108 valence electrons. The minimum absolute atomic E-state index is 0.0549. The van der Waals surface area contributed by atoms with Gasteiger partial charge in [0.2, 0.25) is 10.0 Å². The van der Waals surface area contributed by atoms with E-state index in [1.165, 1.54) is 6.07 Å². The molecule has 3 N–H and O–H groups in total. The van der Waals surface area contributed by atoms with Gasteiger partial charge in [-0.25, -0.2) is 13.1 Å². The van der Waals surface area contributed by atoms with E-state index >= 15 is 0 Å². The van der Waals surface area contributed by atoms with E-state index in [0.29, 0.717) is 0 Å². The Hall–Kier alpha value is -0.700. The summed E-state index contributed by atoms with van der Waals surface area (Å²) in [7, 11) is -4.17. The van der Waals surface area contributed by atoms with Crippen molar-refractivity contribution in [1.29, 1.82) is 0 Å². The second-order valence-corrected chi connectivity index (χ2v) is 6.06. The molecule has 1 rings (SSSR count). The zero-order valence-corrected chi connectivity index (χ0v) is 11.6. The zero-order valence-electron chi connectivity index (χ0n) is 9.26. The third-order valence-electron chi connectivity index (χ3n) is 2.08. The number of nitrogens with two attached hydrogens (primary N) is 1. The third-order valence-corrected chi connectivity index (χ3v) is 4.43. The molecule has 0 aliphatic heterocycles. The van der Waals surface area contributed by atoms with Crippen LogP contribution in [0.1, 0.15) is 6.42 Å². The first kappa shape index (κ1) is 16.4. The van der Waals surface area contributed by atoms with Crippen LogP contribution >= 0.6 is 23.2 Å². The van der Waals surface area contributed by atoms with Crippen LogP contribution in [0.3, 0.4) is 0 Å². The molecule has 0 aromatic heterocycles. The average molecular weight is 337 g/mol. The molecule has 0 radical (unpaired) electrons. The second kappa shape index (κ2) is 5.74. The Morgan fingerprint density at radius 2 is 1.84 bits per heavy atom. The Balaban J connectivity index is 2.93. The summed E-state index contributed by atoms with van der Waals surface area (Å²) in [5.41, 5.74) is 5.29. The van der Waals surface area contributed by atoms with Gasteiger partial charge < -0.3 is 5.73 Å². The van der Waals surface area contributed by atoms with Crippen LogP contribution in [0.2, 0.25) is 10.0 Å². The van der Waals surface area contributed by atoms with Gasteiger partial charge in [-0.15, -0.1) is 0 Å². The van der Waals surface area contributed by atoms with Crippen molar-refractivity contribution in [2.75, 3.05) is 12.3 Å². The fourth-order valence-electron chi connectivity index (χ4n) is 1.16. The predicted molar refractivity (Wildman–Crippen MR) is 66.7 cm³/mol. The molecule has 4 nitrogen and oxygen atoms in total. The Kier molecular flexibility index (Phi) is 4.94. The fraction of sp³-hybridized carbons (Fsp3) is 0.333. The van der Waals surface area contributed by atoms with Crippen LogP contribution in [0.5, 0.6) is 0 Å². The van der Waals surface area contributed by atoms with Crippen LogP contribution in [0.4, 0.5) is 18.9 Å². The molecule has 1 aromatic carbocycles. The molecule has 0 heterocycles. The average Bonchev–Trinajstić information content (AvgIpc) is 2.23. The molecule has 0 saturated heterocycles. The first-order chi connectivity index (χ1) is 8.54. The van der Waals surface area contributed by atoms with E-state index in [9.17, 15) is 21.6 Å². The lowest BCUT2D eigenvalue weighted by atomic mass is 10.3. The molecule has 0 fully saturated rings. The van der Waals surface area contributed by atoms with Crippen molar-refractivity contribution >= 4 is 38.9 Å². The van der Waals surface area contributed by atoms with Crippen LogP contribution in [-0.4, -0.2) is 21.1 Å². The predicted octanol–water partition coefficient (Wildman–Crippen LogP) is 2.81. The number of alkyl halides is 3. The fourth-order valence-corrected chi connectivity index (χ4v) is 2.96. The summed E-state index contributed by atoms with van der Waals surface area (Å²) in [4.78, 5) is -0.418. The maximum Gasteiger partial charge on any atom is 0.390 e. The number of benzene rings is 1. The normalized spacial score (nSPS) is 12.7. The van der Waals surface area contributed by atoms with Gasteiger partial charge in [0.15, 0.2) is 0 Å². The van der Waals surface area contributed by atoms with E-state index in [1.54, 1.807) is 4.72 Å². The summed E-state index contributed by atoms with van der Waals surface area (Å²) in [5, 5.41) is -0.272. The molecule has 19 heavy (non-hydrogen) atoms. The summed E-state index contributed by atoms with van der Waals surface area (Å²) in [6, 6.07) is 2.26. The summed E-state index contributed by atoms with van der Waals surface area (Å²) in [6.45, 7) is -0.787. The Bertz CT molecular complexity index is 576. The number of nitrogens with one attached hydrogen (secondary N) is 1. The lowest BCUT2D eigenvalue weighted by molar-refractivity contribution is -0.132. The molecule has 0 spiro atoms. The highest BCUT2D eigenvalue weighted by molar-refractivity contribution is 7.89. The first-order valence-electron chi connectivity index (χ1n) is 4.84. The van der Waals surface area contributed by atoms with Crippen molar-refractivity contribution in [1.82, 2.24) is 4.72 Å². The Morgan fingerprint density at radius 3 is 2.37 bits per heavy atom. The molecule has 0 amide bonds. The van der Waals surface area contributed by atoms with Gasteiger partial charge in [-0.1, -0.05) is 23.2 Å². The third kappa shape index (κ3) is 4.41. The maximum absolute atomic E-state index is 11.9. The largest absolute Gasteiger partial charge is 0.396 e. The van der Waals surface area contributed by atoms with Crippen LogP contribution in [-0.2, 0) is 10.0 Å². The van der Waals surface area contributed by atoms with Gasteiger partial charge in [-0.05, 0) is 12.1 Å². The number of halogens is 5. The smallest absolute Gasteiger partial charge is 0.390 e. The van der Waals surface area contributed by atoms with E-state index in [-0.39, 0.29) is 15.7 Å². The molecule has 1 aromatic rings. The lowest BCUT2D eigenvalue weighted by Gasteiger charge is -2.11. The minimum atomic E-state index is -4.45. The molecule has 0 bridgehead atoms. The number of rotatable bonds is 4. The van der Waals surface area contributed by atoms with Gasteiger partial charge in [-0.2, -0.15) is 13.2 Å². The van der Waals surface area contributed by atoms with Crippen molar-refractivity contribution in [3.05, 3.63) is 22.2 Å². The highest BCUT2D eigenvalue weighted by Gasteiger charge is 2.28. The van der Waals surface area contributed by atoms with Crippen LogP contribution in [0.25, 0.3) is 0 Å². The Morgan fingerprint density at radius 1 is 1.26 bits per heavy atom. The van der Waals surface area contributed by atoms with Crippen molar-refractivity contribution < 1.29 is 21.6 Å². The van der Waals surface area contributed by atoms with E-state index in [4.69, 9.17) is 28.9 Å². The van der Waals surface area contributed by atoms with Gasteiger partial charge >= 0.3 is 6.18 Å².